The molecular formula is C16H18N4O. The average Bonchev–Trinajstić information content (AvgIpc) is 3.15. The molecule has 0 spiro atoms. The molecule has 0 aliphatic rings. The van der Waals surface area contributed by atoms with Gasteiger partial charge in [-0.25, -0.2) is 9.97 Å². The second-order valence-corrected chi connectivity index (χ2v) is 5.10. The summed E-state index contributed by atoms with van der Waals surface area (Å²) < 4.78 is 7.61. The monoisotopic (exact) mass is 282 g/mol. The van der Waals surface area contributed by atoms with Gasteiger partial charge in [0.15, 0.2) is 0 Å². The van der Waals surface area contributed by atoms with E-state index in [0.717, 1.165) is 17.0 Å². The predicted octanol–water partition coefficient (Wildman–Crippen LogP) is 2.84. The summed E-state index contributed by atoms with van der Waals surface area (Å²) in [6.07, 6.45) is 5.28. The molecule has 2 atom stereocenters. The van der Waals surface area contributed by atoms with Crippen molar-refractivity contribution in [2.45, 2.75) is 25.9 Å². The Kier molecular flexibility index (Phi) is 3.58. The first-order chi connectivity index (χ1) is 10.2. The number of rotatable bonds is 4. The first-order valence-corrected chi connectivity index (χ1v) is 6.91. The van der Waals surface area contributed by atoms with Gasteiger partial charge >= 0.3 is 0 Å². The largest absolute Gasteiger partial charge is 0.444 e. The predicted molar refractivity (Wildman–Crippen MR) is 79.8 cm³/mol. The summed E-state index contributed by atoms with van der Waals surface area (Å²) in [7, 11) is 0. The molecule has 21 heavy (non-hydrogen) atoms. The van der Waals surface area contributed by atoms with Crippen LogP contribution in [0.1, 0.15) is 41.9 Å². The van der Waals surface area contributed by atoms with Gasteiger partial charge in [-0.3, -0.25) is 0 Å². The third kappa shape index (κ3) is 2.60. The molecule has 108 valence electrons. The zero-order valence-electron chi connectivity index (χ0n) is 12.1. The van der Waals surface area contributed by atoms with Crippen LogP contribution in [0.4, 0.5) is 0 Å². The lowest BCUT2D eigenvalue weighted by Crippen LogP contribution is -2.19. The van der Waals surface area contributed by atoms with Crippen molar-refractivity contribution in [2.24, 2.45) is 5.73 Å². The van der Waals surface area contributed by atoms with Crippen molar-refractivity contribution in [1.29, 1.82) is 0 Å². The van der Waals surface area contributed by atoms with Gasteiger partial charge in [0.05, 0.1) is 30.5 Å². The van der Waals surface area contributed by atoms with Gasteiger partial charge in [-0.1, -0.05) is 30.3 Å². The van der Waals surface area contributed by atoms with Gasteiger partial charge in [-0.05, 0) is 19.4 Å². The quantitative estimate of drug-likeness (QED) is 0.798. The lowest BCUT2D eigenvalue weighted by molar-refractivity contribution is 0.408. The molecule has 5 nitrogen and oxygen atoms in total. The zero-order valence-corrected chi connectivity index (χ0v) is 12.1. The minimum Gasteiger partial charge on any atom is -0.444 e. The van der Waals surface area contributed by atoms with Crippen LogP contribution in [0.2, 0.25) is 0 Å². The zero-order chi connectivity index (χ0) is 14.8. The van der Waals surface area contributed by atoms with E-state index < -0.39 is 0 Å². The van der Waals surface area contributed by atoms with Crippen LogP contribution in [0.15, 0.2) is 53.5 Å². The van der Waals surface area contributed by atoms with Gasteiger partial charge < -0.3 is 14.7 Å². The molecule has 1 aromatic carbocycles. The first kappa shape index (κ1) is 13.6. The van der Waals surface area contributed by atoms with E-state index in [2.05, 4.69) is 9.97 Å². The molecule has 0 amide bonds. The molecule has 0 bridgehead atoms. The Morgan fingerprint density at radius 2 is 1.95 bits per heavy atom. The summed E-state index contributed by atoms with van der Waals surface area (Å²) in [6.45, 7) is 3.90. The second kappa shape index (κ2) is 5.54. The highest BCUT2D eigenvalue weighted by atomic mass is 16.4. The van der Waals surface area contributed by atoms with Crippen LogP contribution in [-0.2, 0) is 0 Å². The Morgan fingerprint density at radius 3 is 2.62 bits per heavy atom. The number of hydrogen-bond donors (Lipinski definition) is 1. The maximum Gasteiger partial charge on any atom is 0.217 e. The van der Waals surface area contributed by atoms with E-state index in [0.29, 0.717) is 5.89 Å². The number of imidazole rings is 1. The molecule has 0 saturated heterocycles. The molecule has 0 saturated carbocycles. The van der Waals surface area contributed by atoms with Crippen LogP contribution in [0.5, 0.6) is 0 Å². The van der Waals surface area contributed by atoms with Gasteiger partial charge in [0.25, 0.3) is 0 Å². The maximum atomic E-state index is 6.37. The van der Waals surface area contributed by atoms with Crippen molar-refractivity contribution >= 4 is 0 Å². The van der Waals surface area contributed by atoms with Crippen molar-refractivity contribution in [1.82, 2.24) is 14.5 Å². The van der Waals surface area contributed by atoms with Crippen molar-refractivity contribution in [3.8, 4) is 0 Å². The SMILES string of the molecule is Cc1cnc(C(C)n2cncc2C(N)c2ccccc2)o1. The van der Waals surface area contributed by atoms with Crippen LogP contribution in [0, 0.1) is 6.92 Å². The Hall–Kier alpha value is -2.40. The van der Waals surface area contributed by atoms with E-state index >= 15 is 0 Å². The molecule has 2 aromatic heterocycles. The lowest BCUT2D eigenvalue weighted by Gasteiger charge is -2.18. The topological polar surface area (TPSA) is 69.9 Å². The van der Waals surface area contributed by atoms with Gasteiger partial charge in [0.1, 0.15) is 11.8 Å². The molecule has 2 unspecified atom stereocenters. The molecular weight excluding hydrogens is 264 g/mol. The molecule has 5 heteroatoms. The number of hydrogen-bond acceptors (Lipinski definition) is 4. The fourth-order valence-corrected chi connectivity index (χ4v) is 2.39. The molecule has 3 rings (SSSR count). The van der Waals surface area contributed by atoms with Gasteiger partial charge in [-0.2, -0.15) is 0 Å². The lowest BCUT2D eigenvalue weighted by atomic mass is 10.0. The highest BCUT2D eigenvalue weighted by Gasteiger charge is 2.20. The highest BCUT2D eigenvalue weighted by molar-refractivity contribution is 5.27. The summed E-state index contributed by atoms with van der Waals surface area (Å²) in [5.41, 5.74) is 8.36. The minimum atomic E-state index is -0.229. The van der Waals surface area contributed by atoms with Crippen LogP contribution in [-0.4, -0.2) is 14.5 Å². The highest BCUT2D eigenvalue weighted by Crippen LogP contribution is 2.25. The van der Waals surface area contributed by atoms with Crippen LogP contribution < -0.4 is 5.73 Å². The average molecular weight is 282 g/mol. The van der Waals surface area contributed by atoms with Gasteiger partial charge in [0, 0.05) is 0 Å². The van der Waals surface area contributed by atoms with Crippen molar-refractivity contribution in [3.63, 3.8) is 0 Å². The number of aryl methyl sites for hydroxylation is 1. The van der Waals surface area contributed by atoms with Crippen LogP contribution in [0.25, 0.3) is 0 Å². The van der Waals surface area contributed by atoms with Crippen LogP contribution >= 0.6 is 0 Å². The Bertz CT molecular complexity index is 717. The number of aromatic nitrogens is 3. The first-order valence-electron chi connectivity index (χ1n) is 6.91. The van der Waals surface area contributed by atoms with E-state index in [9.17, 15) is 0 Å². The Balaban J connectivity index is 1.94. The van der Waals surface area contributed by atoms with Crippen molar-refractivity contribution in [3.05, 3.63) is 72.0 Å². The molecule has 0 aliphatic heterocycles. The number of nitrogens with zero attached hydrogens (tertiary/aromatic N) is 3. The normalized spacial score (nSPS) is 14.0. The summed E-state index contributed by atoms with van der Waals surface area (Å²) in [5, 5.41) is 0. The van der Waals surface area contributed by atoms with Crippen molar-refractivity contribution in [2.75, 3.05) is 0 Å². The fraction of sp³-hybridized carbons (Fsp3) is 0.250. The van der Waals surface area contributed by atoms with E-state index in [1.807, 2.05) is 48.7 Å². The summed E-state index contributed by atoms with van der Waals surface area (Å²) in [4.78, 5) is 8.52. The minimum absolute atomic E-state index is 0.0500. The third-order valence-electron chi connectivity index (χ3n) is 3.59. The van der Waals surface area contributed by atoms with E-state index in [1.54, 1.807) is 18.7 Å². The Morgan fingerprint density at radius 1 is 1.19 bits per heavy atom. The smallest absolute Gasteiger partial charge is 0.217 e. The van der Waals surface area contributed by atoms with Crippen LogP contribution in [0.3, 0.4) is 0 Å². The molecule has 3 aromatic rings. The molecule has 0 radical (unpaired) electrons. The number of benzene rings is 1. The molecule has 2 N–H and O–H groups in total. The Labute approximate surface area is 123 Å². The second-order valence-electron chi connectivity index (χ2n) is 5.10. The van der Waals surface area contributed by atoms with Crippen molar-refractivity contribution < 1.29 is 4.42 Å². The summed E-state index contributed by atoms with van der Waals surface area (Å²) >= 11 is 0. The fourth-order valence-electron chi connectivity index (χ4n) is 2.39. The maximum absolute atomic E-state index is 6.37. The molecule has 2 heterocycles. The van der Waals surface area contributed by atoms with E-state index in [1.165, 1.54) is 0 Å². The molecule has 0 aliphatic carbocycles. The summed E-state index contributed by atoms with van der Waals surface area (Å²) in [5.74, 6) is 1.46. The number of oxazole rings is 1. The van der Waals surface area contributed by atoms with E-state index in [4.69, 9.17) is 10.2 Å². The van der Waals surface area contributed by atoms with E-state index in [-0.39, 0.29) is 12.1 Å². The standard InChI is InChI=1S/C16H18N4O/c1-11-8-19-16(21-11)12(2)20-10-18-9-14(20)15(17)13-6-4-3-5-7-13/h3-10,12,15H,17H2,1-2H3. The number of nitrogens with two attached hydrogens (primary N) is 1. The molecule has 0 fully saturated rings. The van der Waals surface area contributed by atoms with Gasteiger partial charge in [0.2, 0.25) is 5.89 Å². The third-order valence-corrected chi connectivity index (χ3v) is 3.59. The van der Waals surface area contributed by atoms with Gasteiger partial charge in [-0.15, -0.1) is 0 Å². The summed E-state index contributed by atoms with van der Waals surface area (Å²) in [6, 6.07) is 9.70.